The van der Waals surface area contributed by atoms with E-state index in [0.717, 1.165) is 0 Å². The summed E-state index contributed by atoms with van der Waals surface area (Å²) in [4.78, 5) is 45.2. The molecular weight excluding hydrogens is 338 g/mol. The van der Waals surface area contributed by atoms with E-state index in [1.807, 2.05) is 0 Å². The summed E-state index contributed by atoms with van der Waals surface area (Å²) in [5.41, 5.74) is 0.310. The number of esters is 1. The van der Waals surface area contributed by atoms with Crippen LogP contribution in [0, 0.1) is 0 Å². The minimum Gasteiger partial charge on any atom is -0.480 e. The number of carbonyl (C=O) groups is 4. The molecule has 1 amide bonds. The molecule has 1 rings (SSSR count). The zero-order valence-corrected chi connectivity index (χ0v) is 13.9. The van der Waals surface area contributed by atoms with Crippen molar-refractivity contribution in [2.24, 2.45) is 0 Å². The first-order valence-electron chi connectivity index (χ1n) is 6.89. The number of hydrogen-bond donors (Lipinski definition) is 2. The van der Waals surface area contributed by atoms with Crippen LogP contribution in [0.4, 0.5) is 4.79 Å². The molecule has 0 spiro atoms. The van der Waals surface area contributed by atoms with Gasteiger partial charge in [-0.25, -0.2) is 14.4 Å². The molecule has 0 radical (unpaired) electrons. The summed E-state index contributed by atoms with van der Waals surface area (Å²) in [6.45, 7) is 2.53. The Morgan fingerprint density at radius 2 is 1.79 bits per heavy atom. The lowest BCUT2D eigenvalue weighted by atomic mass is 10.2. The molecule has 0 aliphatic carbocycles. The number of carbonyl (C=O) groups excluding carboxylic acids is 3. The highest BCUT2D eigenvalue weighted by Crippen LogP contribution is 2.12. The lowest BCUT2D eigenvalue weighted by Crippen LogP contribution is -2.41. The van der Waals surface area contributed by atoms with Gasteiger partial charge in [-0.2, -0.15) is 0 Å². The fourth-order valence-corrected chi connectivity index (χ4v) is 2.29. The molecule has 8 nitrogen and oxygen atoms in total. The molecule has 0 bridgehead atoms. The molecule has 130 valence electrons. The number of benzene rings is 1. The van der Waals surface area contributed by atoms with E-state index in [4.69, 9.17) is 14.6 Å². The first kappa shape index (κ1) is 19.5. The maximum atomic E-state index is 11.8. The minimum atomic E-state index is -1.27. The third-order valence-electron chi connectivity index (χ3n) is 2.59. The van der Waals surface area contributed by atoms with E-state index in [1.165, 1.54) is 13.8 Å². The zero-order valence-electron chi connectivity index (χ0n) is 13.1. The molecule has 2 atom stereocenters. The largest absolute Gasteiger partial charge is 0.480 e. The fourth-order valence-electron chi connectivity index (χ4n) is 1.56. The minimum absolute atomic E-state index is 0.215. The van der Waals surface area contributed by atoms with Crippen LogP contribution in [-0.2, 0) is 19.1 Å². The van der Waals surface area contributed by atoms with Crippen molar-refractivity contribution in [3.05, 3.63) is 35.9 Å². The highest BCUT2D eigenvalue weighted by molar-refractivity contribution is 8.13. The molecule has 0 aliphatic rings. The van der Waals surface area contributed by atoms with E-state index in [1.54, 1.807) is 30.3 Å². The van der Waals surface area contributed by atoms with Crippen LogP contribution in [-0.4, -0.2) is 46.3 Å². The molecule has 1 aromatic carbocycles. The quantitative estimate of drug-likeness (QED) is 0.560. The van der Waals surface area contributed by atoms with Crippen molar-refractivity contribution in [2.75, 3.05) is 5.75 Å². The Morgan fingerprint density at radius 3 is 2.33 bits per heavy atom. The van der Waals surface area contributed by atoms with E-state index in [-0.39, 0.29) is 5.75 Å². The Balaban J connectivity index is 2.42. The number of ether oxygens (including phenoxy) is 2. The number of aliphatic carboxylic acids is 1. The molecule has 1 aromatic rings. The second-order valence-corrected chi connectivity index (χ2v) is 5.56. The van der Waals surface area contributed by atoms with Gasteiger partial charge in [0.25, 0.3) is 0 Å². The number of carboxylic acids is 1. The predicted octanol–water partition coefficient (Wildman–Crippen LogP) is 1.65. The maximum Gasteiger partial charge on any atom is 0.370 e. The smallest absolute Gasteiger partial charge is 0.370 e. The summed E-state index contributed by atoms with van der Waals surface area (Å²) in [6, 6.07) is 6.95. The molecular formula is C15H17NO7S. The fraction of sp³-hybridized carbons (Fsp3) is 0.333. The van der Waals surface area contributed by atoms with Crippen molar-refractivity contribution in [1.29, 1.82) is 0 Å². The number of nitrogens with one attached hydrogen (secondary N) is 1. The third kappa shape index (κ3) is 7.14. The first-order valence-corrected chi connectivity index (χ1v) is 7.87. The Labute approximate surface area is 142 Å². The van der Waals surface area contributed by atoms with Gasteiger partial charge in [0.05, 0.1) is 5.56 Å². The second kappa shape index (κ2) is 9.56. The van der Waals surface area contributed by atoms with Crippen LogP contribution in [0.15, 0.2) is 30.3 Å². The molecule has 24 heavy (non-hydrogen) atoms. The number of thioether (sulfide) groups is 1. The van der Waals surface area contributed by atoms with Gasteiger partial charge >= 0.3 is 17.2 Å². The predicted molar refractivity (Wildman–Crippen MR) is 85.5 cm³/mol. The average molecular weight is 355 g/mol. The van der Waals surface area contributed by atoms with Crippen molar-refractivity contribution < 1.29 is 33.8 Å². The van der Waals surface area contributed by atoms with E-state index in [9.17, 15) is 19.2 Å². The molecule has 0 heterocycles. The van der Waals surface area contributed by atoms with E-state index >= 15 is 0 Å². The highest BCUT2D eigenvalue weighted by Gasteiger charge is 2.22. The van der Waals surface area contributed by atoms with E-state index < -0.39 is 35.5 Å². The molecule has 0 saturated carbocycles. The monoisotopic (exact) mass is 355 g/mol. The molecule has 9 heteroatoms. The van der Waals surface area contributed by atoms with Gasteiger partial charge in [0.1, 0.15) is 6.04 Å². The number of amides is 1. The summed E-state index contributed by atoms with van der Waals surface area (Å²) >= 11 is 0.558. The number of hydrogen-bond acceptors (Lipinski definition) is 7. The summed E-state index contributed by atoms with van der Waals surface area (Å²) < 4.78 is 9.80. The van der Waals surface area contributed by atoms with Crippen LogP contribution in [0.5, 0.6) is 0 Å². The summed E-state index contributed by atoms with van der Waals surface area (Å²) in [5, 5.41) is 10.3. The first-order chi connectivity index (χ1) is 11.3. The van der Waals surface area contributed by atoms with Gasteiger partial charge in [0.15, 0.2) is 0 Å². The van der Waals surface area contributed by atoms with Crippen molar-refractivity contribution in [2.45, 2.75) is 26.2 Å². The van der Waals surface area contributed by atoms with Gasteiger partial charge < -0.3 is 19.9 Å². The number of carboxylic acid groups (broad SMARTS) is 1. The van der Waals surface area contributed by atoms with Gasteiger partial charge in [-0.3, -0.25) is 4.79 Å². The number of rotatable bonds is 7. The zero-order chi connectivity index (χ0) is 18.1. The van der Waals surface area contributed by atoms with Crippen LogP contribution >= 0.6 is 11.8 Å². The molecule has 0 saturated heterocycles. The van der Waals surface area contributed by atoms with Crippen molar-refractivity contribution in [3.63, 3.8) is 0 Å². The molecule has 0 unspecified atom stereocenters. The van der Waals surface area contributed by atoms with E-state index in [0.29, 0.717) is 17.3 Å². The van der Waals surface area contributed by atoms with Crippen LogP contribution in [0.3, 0.4) is 0 Å². The molecule has 0 aliphatic heterocycles. The maximum absolute atomic E-state index is 11.8. The Bertz CT molecular complexity index is 605. The summed E-state index contributed by atoms with van der Waals surface area (Å²) in [6.07, 6.45) is -1.14. The standard InChI is InChI=1S/C15H17NO7S/c1-9(17)16-12(13(18)19)8-24-15(21)23-10(2)22-14(20)11-6-4-3-5-7-11/h3-7,10,12H,8H2,1-2H3,(H,16,17)(H,18,19)/t10-,12+/m1/s1. The van der Waals surface area contributed by atoms with Gasteiger partial charge in [0.2, 0.25) is 12.2 Å². The highest BCUT2D eigenvalue weighted by atomic mass is 32.2. The Morgan fingerprint density at radius 1 is 1.17 bits per heavy atom. The second-order valence-electron chi connectivity index (χ2n) is 4.61. The van der Waals surface area contributed by atoms with Crippen molar-refractivity contribution in [3.8, 4) is 0 Å². The van der Waals surface area contributed by atoms with Crippen molar-refractivity contribution in [1.82, 2.24) is 5.32 Å². The topological polar surface area (TPSA) is 119 Å². The summed E-state index contributed by atoms with van der Waals surface area (Å²) in [5.74, 6) is -2.66. The molecule has 0 aromatic heterocycles. The normalized spacial score (nSPS) is 12.6. The lowest BCUT2D eigenvalue weighted by Gasteiger charge is -2.15. The van der Waals surface area contributed by atoms with Gasteiger partial charge in [-0.15, -0.1) is 0 Å². The third-order valence-corrected chi connectivity index (χ3v) is 3.42. The molecule has 2 N–H and O–H groups in total. The SMILES string of the molecule is CC(=O)N[C@@H](CSC(=O)O[C@H](C)OC(=O)c1ccccc1)C(=O)O. The summed E-state index contributed by atoms with van der Waals surface area (Å²) in [7, 11) is 0. The average Bonchev–Trinajstić information content (AvgIpc) is 2.51. The molecule has 0 fully saturated rings. The Kier molecular flexibility index (Phi) is 7.76. The lowest BCUT2D eigenvalue weighted by molar-refractivity contribution is -0.140. The van der Waals surface area contributed by atoms with Gasteiger partial charge in [0, 0.05) is 19.6 Å². The Hall–Kier alpha value is -2.55. The van der Waals surface area contributed by atoms with Gasteiger partial charge in [-0.1, -0.05) is 18.2 Å². The van der Waals surface area contributed by atoms with Crippen molar-refractivity contribution >= 4 is 34.9 Å². The van der Waals surface area contributed by atoms with Gasteiger partial charge in [-0.05, 0) is 23.9 Å². The van der Waals surface area contributed by atoms with Crippen LogP contribution in [0.1, 0.15) is 24.2 Å². The van der Waals surface area contributed by atoms with E-state index in [2.05, 4.69) is 5.32 Å². The van der Waals surface area contributed by atoms with Crippen LogP contribution in [0.25, 0.3) is 0 Å². The van der Waals surface area contributed by atoms with Crippen LogP contribution in [0.2, 0.25) is 0 Å². The van der Waals surface area contributed by atoms with Crippen LogP contribution < -0.4 is 5.32 Å².